The van der Waals surface area contributed by atoms with Crippen molar-refractivity contribution in [3.63, 3.8) is 0 Å². The van der Waals surface area contributed by atoms with Crippen LogP contribution in [0.2, 0.25) is 0 Å². The molecule has 3 radical (unpaired) electrons. The Bertz CT molecular complexity index is 4420. The van der Waals surface area contributed by atoms with Crippen LogP contribution in [0.1, 0.15) is 75.2 Å². The third kappa shape index (κ3) is 18.2. The van der Waals surface area contributed by atoms with Crippen LogP contribution in [0.4, 0.5) is 75.9 Å². The van der Waals surface area contributed by atoms with Gasteiger partial charge < -0.3 is 48.8 Å². The molecule has 0 saturated heterocycles. The van der Waals surface area contributed by atoms with E-state index in [0.717, 1.165) is 29.6 Å². The Labute approximate surface area is 715 Å². The van der Waals surface area contributed by atoms with Crippen molar-refractivity contribution >= 4 is 168 Å². The first-order chi connectivity index (χ1) is 52.6. The Balaban J connectivity index is 0.000000179. The summed E-state index contributed by atoms with van der Waals surface area (Å²) in [6, 6.07) is 21.1. The summed E-state index contributed by atoms with van der Waals surface area (Å²) in [5, 5.41) is 20.6. The summed E-state index contributed by atoms with van der Waals surface area (Å²) in [6.07, 6.45) is -6.55. The van der Waals surface area contributed by atoms with Crippen molar-refractivity contribution in [1.82, 2.24) is 0 Å². The quantitative estimate of drug-likeness (QED) is 0.0195. The van der Waals surface area contributed by atoms with Crippen molar-refractivity contribution in [1.29, 1.82) is 0 Å². The minimum Gasteiger partial charge on any atom is -1.00 e. The zero-order valence-electron chi connectivity index (χ0n) is 61.6. The molecule has 0 spiro atoms. The van der Waals surface area contributed by atoms with Crippen LogP contribution in [0.5, 0.6) is 0 Å². The van der Waals surface area contributed by atoms with Gasteiger partial charge in [0.1, 0.15) is 108 Å². The predicted octanol–water partition coefficient (Wildman–Crippen LogP) is 13.9. The molecule has 5 aliphatic carbocycles. The summed E-state index contributed by atoms with van der Waals surface area (Å²) in [4.78, 5) is 33.5. The Kier molecular flexibility index (Phi) is 29.1. The number of aliphatic hydroxyl groups is 2. The standard InChI is InChI=1S/C16H15BrF5NOS.C15H16F5N3OS.C14H13BrF2N2O2S.C14H14BrF2NOS.C13H13BrF2N2OS.B.Li.H/c1-9-23-15(6-18,11-4-10(17)2-3-12(11)19)13-5-14(13,25-9)7-24-8-16(20,21)22;16-5-14(9-3-8(21)1-2-10(9)17)11-4-13(11,25-12(22)23-14)6-24-7-15(18,19)20;1-21-11(20)14-5-10(14)13(6-16,19-12(18)22-14)8-4-7(15)2-3-9(8)17;1-8-18-14(6-16,12-5-13(12,7-19)20-8)10-4-9(15)2-3-11(10)17;14-7-1-2-9(16)8(3-7)13(5-15)10-4-12(10,6-19)20-11(17)18-13;;;/h2-4,13H,5-8H2,1H3;1-3,11H,4-7,21H2,(H2,22,23);2-4,10H,5-6H2,1H3,(H2,18,19);2-4,12,19H,5-7H2,1H3;1-3,10,19H,4-6H2,(H2,17,18);;;/q;;;;;;+1;-1/t13-,14-,15-;11-,13-,14-;10-,13+,14-;12-,13-,14-;10-,12-,13-;;;/m11011.../s1. The second-order valence-electron chi connectivity index (χ2n) is 28.6. The number of nitrogens with two attached hydrogens (primary N) is 4. The molecule has 10 aliphatic rings. The SMILES string of the molecule is CC1=N[C@](CF)(c2cc(Br)ccc2F)[C@@H]2C[C@]2(CO)S1.CC1=N[C@](CF)(c2cc(Br)ccc2F)[C@@H]2C[C@]2(COCC(F)(F)F)S1.COC(=O)[C@]12C[C@H]1[C@@](CF)(c1cc(Br)ccc1F)N=C(N)S2.NC1=N[C@](CF)(c2cc(Br)ccc2F)[C@@H]2C[C@]2(CO)S1.NC1=N[C@](CF)(c2cc(N)ccc2F)[C@@H]2C[C@]2(COCC(F)(F)F)S1.[B].[H-].[Li+]. The Hall–Kier alpha value is -3.83. The Morgan fingerprint density at radius 2 is 0.737 bits per heavy atom. The van der Waals surface area contributed by atoms with Crippen molar-refractivity contribution < 1.29 is 120 Å². The number of thioether (sulfide) groups is 5. The maximum atomic E-state index is 14.4. The number of methoxy groups -OCH3 is 1. The first-order valence-corrected chi connectivity index (χ1v) is 41.2. The maximum Gasteiger partial charge on any atom is 1.00 e. The van der Waals surface area contributed by atoms with Crippen LogP contribution in [0.25, 0.3) is 0 Å². The number of carbonyl (C=O) groups is 1. The average molecular weight is 1960 g/mol. The summed E-state index contributed by atoms with van der Waals surface area (Å²) < 4.78 is 229. The molecule has 5 saturated carbocycles. The van der Waals surface area contributed by atoms with Crippen LogP contribution >= 0.6 is 123 Å². The van der Waals surface area contributed by atoms with Crippen molar-refractivity contribution in [3.8, 4) is 0 Å². The Morgan fingerprint density at radius 1 is 0.456 bits per heavy atom. The summed E-state index contributed by atoms with van der Waals surface area (Å²) in [7, 11) is 1.27. The fourth-order valence-corrected chi connectivity index (χ4v) is 24.5. The molecule has 10 N–H and O–H groups in total. The van der Waals surface area contributed by atoms with E-state index in [9.17, 15) is 85.3 Å². The number of aliphatic imine (C=N–C) groups is 5. The molecule has 114 heavy (non-hydrogen) atoms. The van der Waals surface area contributed by atoms with Gasteiger partial charge in [-0.3, -0.25) is 14.8 Å². The number of carbonyl (C=O) groups excluding carboxylic acids is 1. The molecule has 0 aromatic heterocycles. The minimum absolute atomic E-state index is 0. The first kappa shape index (κ1) is 94.0. The number of benzene rings is 5. The molecule has 42 heteroatoms. The van der Waals surface area contributed by atoms with E-state index >= 15 is 0 Å². The minimum atomic E-state index is -4.46. The second-order valence-corrected chi connectivity index (χ2v) is 39.7. The molecular formula is C72H72BBr4F16LiN9O6S5. The molecule has 5 aliphatic heterocycles. The van der Waals surface area contributed by atoms with E-state index in [1.165, 1.54) is 103 Å². The van der Waals surface area contributed by atoms with Gasteiger partial charge in [-0.2, -0.15) is 26.3 Å². The number of halogens is 20. The van der Waals surface area contributed by atoms with Gasteiger partial charge in [-0.15, -0.1) is 23.5 Å². The number of esters is 1. The van der Waals surface area contributed by atoms with Crippen LogP contribution in [0, 0.1) is 58.7 Å². The molecular weight excluding hydrogens is 1890 g/mol. The first-order valence-electron chi connectivity index (χ1n) is 34.0. The number of alkyl halides is 11. The number of nitrogen functional groups attached to an aromatic ring is 1. The maximum absolute atomic E-state index is 14.4. The summed E-state index contributed by atoms with van der Waals surface area (Å²) in [6.45, 7) is -4.42. The average Bonchev–Trinajstić information content (AvgIpc) is 1.55. The zero-order chi connectivity index (χ0) is 82.1. The molecule has 15 nitrogen and oxygen atoms in total. The fourth-order valence-electron chi connectivity index (χ4n) is 16.1. The molecule has 0 unspecified atom stereocenters. The number of amidine groups is 3. The summed E-state index contributed by atoms with van der Waals surface area (Å²) in [5.74, 6) is -5.13. The topological polar surface area (TPSA) is 251 Å². The zero-order valence-corrected chi connectivity index (χ0v) is 71.0. The van der Waals surface area contributed by atoms with Crippen molar-refractivity contribution in [3.05, 3.63) is 166 Å². The second kappa shape index (κ2) is 35.3. The number of hydrogen-bond donors (Lipinski definition) is 6. The molecule has 5 aromatic rings. The largest absolute Gasteiger partial charge is 1.00 e. The number of aliphatic hydroxyl groups excluding tert-OH is 2. The van der Waals surface area contributed by atoms with Gasteiger partial charge in [-0.05, 0) is 137 Å². The van der Waals surface area contributed by atoms with Gasteiger partial charge >= 0.3 is 37.2 Å². The number of nitrogens with zero attached hydrogens (tertiary/aromatic N) is 5. The molecule has 5 heterocycles. The van der Waals surface area contributed by atoms with Crippen molar-refractivity contribution in [2.24, 2.45) is 71.8 Å². The van der Waals surface area contributed by atoms with E-state index in [0.29, 0.717) is 60.1 Å². The van der Waals surface area contributed by atoms with E-state index in [2.05, 4.69) is 88.7 Å². The molecule has 615 valence electrons. The van der Waals surface area contributed by atoms with Crippen LogP contribution in [0.15, 0.2) is 134 Å². The van der Waals surface area contributed by atoms with Crippen LogP contribution < -0.4 is 41.8 Å². The fraction of sp³-hybridized carbons (Fsp3) is 0.500. The normalized spacial score (nSPS) is 32.6. The predicted molar refractivity (Wildman–Crippen MR) is 426 cm³/mol. The van der Waals surface area contributed by atoms with Crippen LogP contribution in [-0.2, 0) is 46.7 Å². The number of anilines is 1. The van der Waals surface area contributed by atoms with Gasteiger partial charge in [0, 0.05) is 89.4 Å². The van der Waals surface area contributed by atoms with E-state index in [1.807, 2.05) is 0 Å². The van der Waals surface area contributed by atoms with E-state index in [1.54, 1.807) is 38.1 Å². The summed E-state index contributed by atoms with van der Waals surface area (Å²) in [5.41, 5.74) is 16.9. The van der Waals surface area contributed by atoms with Crippen molar-refractivity contribution in [2.45, 2.75) is 110 Å². The summed E-state index contributed by atoms with van der Waals surface area (Å²) >= 11 is 19.2. The van der Waals surface area contributed by atoms with Gasteiger partial charge in [0.15, 0.2) is 15.5 Å². The molecule has 15 atom stereocenters. The molecule has 0 bridgehead atoms. The monoisotopic (exact) mass is 1960 g/mol. The van der Waals surface area contributed by atoms with Crippen LogP contribution in [0.3, 0.4) is 0 Å². The molecule has 0 amide bonds. The third-order valence-electron chi connectivity index (χ3n) is 21.5. The van der Waals surface area contributed by atoms with E-state index in [4.69, 9.17) is 37.1 Å². The van der Waals surface area contributed by atoms with Gasteiger partial charge in [0.2, 0.25) is 0 Å². The smallest absolute Gasteiger partial charge is 1.00 e. The number of hydrogen-bond acceptors (Lipinski definition) is 20. The van der Waals surface area contributed by atoms with Gasteiger partial charge in [-0.25, -0.2) is 58.9 Å². The Morgan fingerprint density at radius 3 is 1.08 bits per heavy atom. The third-order valence-corrected chi connectivity index (χ3v) is 30.0. The van der Waals surface area contributed by atoms with Gasteiger partial charge in [0.05, 0.1) is 62.6 Å². The van der Waals surface area contributed by atoms with Crippen molar-refractivity contribution in [2.75, 3.05) is 85.9 Å². The van der Waals surface area contributed by atoms with Gasteiger partial charge in [0.25, 0.3) is 0 Å². The van der Waals surface area contributed by atoms with Crippen LogP contribution in [-0.4, -0.2) is 166 Å². The number of rotatable bonds is 19. The number of fused-ring (bicyclic) bond motifs is 5. The van der Waals surface area contributed by atoms with E-state index in [-0.39, 0.29) is 116 Å². The van der Waals surface area contributed by atoms with E-state index < -0.39 is 163 Å². The van der Waals surface area contributed by atoms with Gasteiger partial charge in [-0.1, -0.05) is 99.0 Å². The molecule has 15 rings (SSSR count). The molecule has 5 fully saturated rings. The molecule has 5 aromatic carbocycles. The number of ether oxygens (including phenoxy) is 3.